The number of anilines is 4. The van der Waals surface area contributed by atoms with Gasteiger partial charge in [-0.15, -0.1) is 23.2 Å². The van der Waals surface area contributed by atoms with Crippen molar-refractivity contribution < 1.29 is 51.3 Å². The van der Waals surface area contributed by atoms with Crippen LogP contribution in [0.4, 0.5) is 38.1 Å². The third-order valence-electron chi connectivity index (χ3n) is 23.0. The number of likely N-dealkylation sites (N-methyl/N-ethyl adjacent to an activating group) is 6. The number of carbonyl (C=O) groups excluding carboxylic acids is 4. The number of hydrogen-bond acceptors (Lipinski definition) is 22. The van der Waals surface area contributed by atoms with Gasteiger partial charge >= 0.3 is 0 Å². The molecule has 7 aromatic carbocycles. The van der Waals surface area contributed by atoms with Gasteiger partial charge in [0.05, 0.1) is 74.1 Å². The fourth-order valence-corrected chi connectivity index (χ4v) is 21.1. The van der Waals surface area contributed by atoms with Gasteiger partial charge in [0, 0.05) is 52.5 Å². The molecule has 3 saturated heterocycles. The number of amides is 3. The van der Waals surface area contributed by atoms with Gasteiger partial charge in [-0.25, -0.2) is 37.5 Å². The molecule has 3 aliphatic heterocycles. The minimum Gasteiger partial charge on any atom is -0.508 e. The number of aromatic hydroxyl groups is 1. The fraction of sp³-hybridized carbons (Fsp3) is 0.398. The van der Waals surface area contributed by atoms with E-state index in [2.05, 4.69) is 145 Å². The van der Waals surface area contributed by atoms with Crippen LogP contribution in [0.15, 0.2) is 127 Å². The number of nitrogens with one attached hydrogen (secondary N) is 4. The lowest BCUT2D eigenvalue weighted by Gasteiger charge is -2.57. The number of likely N-dealkylation sites (tertiary alicyclic amines) is 3. The third-order valence-corrected chi connectivity index (χ3v) is 27.5. The van der Waals surface area contributed by atoms with E-state index in [0.717, 1.165) is 71.6 Å². The van der Waals surface area contributed by atoms with Crippen LogP contribution < -0.4 is 36.5 Å². The predicted octanol–water partition coefficient (Wildman–Crippen LogP) is 14.9. The number of nitrogens with two attached hydrogens (primary N) is 1. The summed E-state index contributed by atoms with van der Waals surface area (Å²) in [6.45, 7) is 10.7. The van der Waals surface area contributed by atoms with Crippen LogP contribution in [0.1, 0.15) is 73.4 Å². The molecule has 0 unspecified atom stereocenters. The van der Waals surface area contributed by atoms with Crippen LogP contribution in [0.3, 0.4) is 0 Å². The zero-order valence-corrected chi connectivity index (χ0v) is 71.1. The van der Waals surface area contributed by atoms with E-state index in [-0.39, 0.29) is 106 Å². The van der Waals surface area contributed by atoms with Crippen LogP contribution in [0.2, 0.25) is 0 Å². The van der Waals surface area contributed by atoms with E-state index in [0.29, 0.717) is 64.6 Å². The van der Waals surface area contributed by atoms with E-state index in [1.165, 1.54) is 140 Å². The summed E-state index contributed by atoms with van der Waals surface area (Å²) in [5.41, 5.74) is 16.3. The maximum absolute atomic E-state index is 13.5. The molecule has 7 heterocycles. The van der Waals surface area contributed by atoms with Crippen molar-refractivity contribution >= 4 is 165 Å². The zero-order chi connectivity index (χ0) is 82.5. The number of carbonyl (C=O) groups is 4. The van der Waals surface area contributed by atoms with Crippen LogP contribution >= 0.6 is 80.1 Å². The normalized spacial score (nSPS) is 22.4. The SMILES string of the molecule is CN1CC[C@]2(C)c3cc(O)ccc3C[C@@H]1[C@@H]2N(C)CC(=O)Nc1nc2ccc(F)cc2s1.CN[C@H]1[C@H]2Cc3ccc(OC)cc3[C@@]1(C)CCN2C.COc1ccc2c(c1)[C@@]1(C)CCN(C)[C@H](C2)[C@@H]1N(C)CC(=O)Nc1nc2ccc(F)cc2s1.Nc1nc2ccc(F)cc2s1.O=C(CCl)Nc1nc2ccc(F)cc2s1.O=C(Cl)CCl. The number of hydrogen-bond donors (Lipinski definition) is 6. The Hall–Kier alpha value is -8.27. The second kappa shape index (κ2) is 36.7. The molecule has 0 radical (unpaired) electrons. The Balaban J connectivity index is 0.000000137. The Morgan fingerprint density at radius 3 is 1.25 bits per heavy atom. The van der Waals surface area contributed by atoms with Gasteiger partial charge < -0.3 is 56.3 Å². The topological polar surface area (TPSA) is 249 Å². The molecule has 0 spiro atoms. The standard InChI is InChI=1S/C25H29FN4O2S.C24H27FN4O2S.C16H24N2O.C9H6ClFN2OS.C7H5FN2S.C2H2Cl2O/c1-25-9-10-29(2)20(11-15-5-7-17(32-4)13-18(15)25)23(25)30(3)14-22(31)28-24-27-19-8-6-16(26)12-21(19)33-24;1-24-8-9-28(2)19(10-14-4-6-16(30)12-17(14)24)22(24)29(3)13-21(31)27-23-26-18-7-5-15(25)11-20(18)32-23;1-16-7-8-18(3)14(15(16)17-2)9-11-5-6-12(19-4)10-13(11)16;10-4-8(14)13-9-12-6-2-1-5(11)3-7(6)15-9;8-4-1-2-5-6(3-4)11-7(9)10-5;3-1-2(4)5/h5-8,12-13,20,23H,9-11,14H2,1-4H3,(H,27,28,31);4-7,11-12,19,22,30H,8-10,13H2,1-3H3,(H,26,27,31);5-6,10,14-15,17H,7-9H2,1-4H3;1-3H,4H2,(H,12,13,14);1-3H,(H2,9,10);1H2/t20-,23+,25-;19-,22+,24-;14-,15+,16-;;;/m111.../s1. The number of fused-ring (bicyclic) bond motifs is 16. The summed E-state index contributed by atoms with van der Waals surface area (Å²) in [5.74, 6) is 0.161. The number of ether oxygens (including phenoxy) is 2. The van der Waals surface area contributed by atoms with Crippen LogP contribution in [0, 0.1) is 23.3 Å². The number of halogens is 7. The van der Waals surface area contributed by atoms with Gasteiger partial charge in [0.15, 0.2) is 20.5 Å². The smallest absolute Gasteiger partial charge is 0.241 e. The highest BCUT2D eigenvalue weighted by Crippen LogP contribution is 2.50. The molecular formula is C83H93Cl3F4N14O7S4. The number of alkyl halides is 2. The van der Waals surface area contributed by atoms with Crippen molar-refractivity contribution in [1.82, 2.24) is 49.8 Å². The molecule has 7 N–H and O–H groups in total. The molecule has 9 atom stereocenters. The van der Waals surface area contributed by atoms with Gasteiger partial charge in [0.2, 0.25) is 23.0 Å². The van der Waals surface area contributed by atoms with Crippen molar-refractivity contribution in [3.63, 3.8) is 0 Å². The summed E-state index contributed by atoms with van der Waals surface area (Å²) in [6.07, 6.45) is 6.15. The molecular weight excluding hydrogens is 1620 g/mol. The van der Waals surface area contributed by atoms with Gasteiger partial charge in [-0.05, 0) is 255 Å². The summed E-state index contributed by atoms with van der Waals surface area (Å²) in [6, 6.07) is 38.4. The number of piperidine rings is 3. The monoisotopic (exact) mass is 1710 g/mol. The molecule has 3 fully saturated rings. The van der Waals surface area contributed by atoms with E-state index in [4.69, 9.17) is 50.0 Å². The highest BCUT2D eigenvalue weighted by atomic mass is 35.5. The number of phenols is 1. The van der Waals surface area contributed by atoms with E-state index >= 15 is 0 Å². The number of benzene rings is 7. The number of rotatable bonds is 14. The Bertz CT molecular complexity index is 5370. The number of nitrogens with zero attached hydrogens (tertiary/aromatic N) is 9. The molecule has 21 nitrogen and oxygen atoms in total. The minimum atomic E-state index is -0.508. The average molecular weight is 1710 g/mol. The number of nitrogen functional groups attached to an aromatic ring is 1. The molecule has 0 saturated carbocycles. The van der Waals surface area contributed by atoms with E-state index < -0.39 is 5.24 Å². The van der Waals surface area contributed by atoms with Crippen LogP contribution in [-0.2, 0) is 54.7 Å². The fourth-order valence-electron chi connectivity index (χ4n) is 17.6. The van der Waals surface area contributed by atoms with E-state index in [1.54, 1.807) is 44.6 Å². The van der Waals surface area contributed by atoms with Crippen LogP contribution in [0.5, 0.6) is 17.2 Å². The molecule has 11 aromatic rings. The van der Waals surface area contributed by atoms with Crippen LogP contribution in [0.25, 0.3) is 40.9 Å². The minimum absolute atomic E-state index is 0.0816. The third kappa shape index (κ3) is 19.3. The first kappa shape index (κ1) is 86.1. The van der Waals surface area contributed by atoms with Crippen molar-refractivity contribution in [3.8, 4) is 17.2 Å². The van der Waals surface area contributed by atoms with Gasteiger partial charge in [0.25, 0.3) is 0 Å². The largest absolute Gasteiger partial charge is 0.508 e. The highest BCUT2D eigenvalue weighted by Gasteiger charge is 2.54. The summed E-state index contributed by atoms with van der Waals surface area (Å²) in [5, 5.41) is 23.4. The Morgan fingerprint density at radius 2 is 0.861 bits per heavy atom. The molecule has 610 valence electrons. The molecule has 17 rings (SSSR count). The summed E-state index contributed by atoms with van der Waals surface area (Å²) >= 11 is 19.9. The first-order chi connectivity index (χ1) is 54.8. The number of phenolic OH excluding ortho intramolecular Hbond substituents is 1. The second-order valence-corrected chi connectivity index (χ2v) is 35.6. The Labute approximate surface area is 696 Å². The summed E-state index contributed by atoms with van der Waals surface area (Å²) < 4.78 is 66.3. The molecule has 6 bridgehead atoms. The Morgan fingerprint density at radius 1 is 0.513 bits per heavy atom. The average Bonchev–Trinajstić information content (AvgIpc) is 1.63. The zero-order valence-electron chi connectivity index (χ0n) is 65.6. The lowest BCUT2D eigenvalue weighted by atomic mass is 9.61. The van der Waals surface area contributed by atoms with Gasteiger partial charge in [-0.3, -0.25) is 29.0 Å². The molecule has 4 aromatic heterocycles. The number of thiazole rings is 4. The maximum atomic E-state index is 13.5. The first-order valence-corrected chi connectivity index (χ1v) is 42.1. The predicted molar refractivity (Wildman–Crippen MR) is 457 cm³/mol. The highest BCUT2D eigenvalue weighted by molar-refractivity contribution is 7.23. The van der Waals surface area contributed by atoms with E-state index in [1.807, 2.05) is 32.3 Å². The van der Waals surface area contributed by atoms with Crippen molar-refractivity contribution in [2.75, 3.05) is 123 Å². The van der Waals surface area contributed by atoms with Crippen molar-refractivity contribution in [3.05, 3.63) is 184 Å². The molecule has 3 amide bonds. The quantitative estimate of drug-likeness (QED) is 0.0336. The number of aromatic nitrogens is 4. The summed E-state index contributed by atoms with van der Waals surface area (Å²) in [7, 11) is 16.2. The molecule has 3 aliphatic carbocycles. The lowest BCUT2D eigenvalue weighted by Crippen LogP contribution is -2.67. The van der Waals surface area contributed by atoms with Gasteiger partial charge in [-0.2, -0.15) is 0 Å². The lowest BCUT2D eigenvalue weighted by molar-refractivity contribution is -0.119. The molecule has 32 heteroatoms. The summed E-state index contributed by atoms with van der Waals surface area (Å²) in [4.78, 5) is 74.8. The number of methoxy groups -OCH3 is 2. The van der Waals surface area contributed by atoms with Crippen molar-refractivity contribution in [1.29, 1.82) is 0 Å². The van der Waals surface area contributed by atoms with Crippen molar-refractivity contribution in [2.24, 2.45) is 0 Å². The molecule has 6 aliphatic rings. The van der Waals surface area contributed by atoms with Crippen molar-refractivity contribution in [2.45, 2.75) is 112 Å². The Kier molecular flexibility index (Phi) is 27.5. The van der Waals surface area contributed by atoms with Gasteiger partial charge in [0.1, 0.15) is 46.4 Å². The molecule has 115 heavy (non-hydrogen) atoms. The second-order valence-electron chi connectivity index (χ2n) is 30.5. The van der Waals surface area contributed by atoms with Gasteiger partial charge in [-0.1, -0.05) is 84.3 Å². The van der Waals surface area contributed by atoms with Crippen LogP contribution in [-0.4, -0.2) is 210 Å². The van der Waals surface area contributed by atoms with E-state index in [9.17, 15) is 41.8 Å². The first-order valence-electron chi connectivity index (χ1n) is 37.4. The maximum Gasteiger partial charge on any atom is 0.241 e.